The molecule has 5 rings (SSSR count). The Hall–Kier alpha value is -3.87. The van der Waals surface area contributed by atoms with Crippen molar-refractivity contribution in [3.05, 3.63) is 70.4 Å². The number of carbonyl (C=O) groups excluding carboxylic acids is 2. The van der Waals surface area contributed by atoms with Crippen molar-refractivity contribution < 1.29 is 27.2 Å². The van der Waals surface area contributed by atoms with Gasteiger partial charge in [0.25, 0.3) is 11.8 Å². The van der Waals surface area contributed by atoms with Crippen LogP contribution in [0.25, 0.3) is 5.82 Å². The van der Waals surface area contributed by atoms with Crippen molar-refractivity contribution in [2.45, 2.75) is 25.9 Å². The van der Waals surface area contributed by atoms with E-state index in [1.165, 1.54) is 13.0 Å². The largest absolute Gasteiger partial charge is 0.435 e. The molecule has 2 aromatic heterocycles. The number of carbonyl (C=O) groups is 2. The van der Waals surface area contributed by atoms with Gasteiger partial charge in [0.1, 0.15) is 11.5 Å². The molecule has 9 nitrogen and oxygen atoms in total. The van der Waals surface area contributed by atoms with Crippen LogP contribution in [0.3, 0.4) is 0 Å². The maximum atomic E-state index is 13.5. The molecule has 3 aromatic rings. The molecule has 0 saturated carbocycles. The summed E-state index contributed by atoms with van der Waals surface area (Å²) in [6, 6.07) is 8.35. The molecule has 13 heteroatoms. The number of amides is 2. The zero-order valence-electron chi connectivity index (χ0n) is 21.2. The lowest BCUT2D eigenvalue weighted by Crippen LogP contribution is -2.35. The highest BCUT2D eigenvalue weighted by atomic mass is 19.4. The molecule has 0 aliphatic carbocycles. The number of halogens is 4. The van der Waals surface area contributed by atoms with Gasteiger partial charge < -0.3 is 15.5 Å². The molecule has 2 amide bonds. The number of alkyl halides is 3. The minimum Gasteiger partial charge on any atom is -0.364 e. The molecule has 206 valence electrons. The third-order valence-electron chi connectivity index (χ3n) is 7.34. The summed E-state index contributed by atoms with van der Waals surface area (Å²) in [5.41, 5.74) is 5.33. The van der Waals surface area contributed by atoms with Gasteiger partial charge in [-0.25, -0.2) is 9.07 Å². The first-order valence-corrected chi connectivity index (χ1v) is 12.6. The fourth-order valence-corrected chi connectivity index (χ4v) is 5.56. The number of primary amides is 1. The molecular formula is C26H27F4N7O2. The van der Waals surface area contributed by atoms with Crippen molar-refractivity contribution in [2.24, 2.45) is 17.6 Å². The van der Waals surface area contributed by atoms with E-state index in [1.807, 2.05) is 6.07 Å². The summed E-state index contributed by atoms with van der Waals surface area (Å²) >= 11 is 0. The van der Waals surface area contributed by atoms with E-state index in [1.54, 1.807) is 17.0 Å². The van der Waals surface area contributed by atoms with Crippen LogP contribution in [-0.2, 0) is 12.6 Å². The Kier molecular flexibility index (Phi) is 7.10. The SMILES string of the molecule is Cc1nn(-c2ccc(C(F)(F)F)nn2)c(C(N)=O)c1C(=O)N1CC2CN(CCCc3cccc(F)c3)C[C@H]2C1. The predicted molar refractivity (Wildman–Crippen MR) is 131 cm³/mol. The Morgan fingerprint density at radius 3 is 2.36 bits per heavy atom. The zero-order chi connectivity index (χ0) is 27.9. The van der Waals surface area contributed by atoms with Gasteiger partial charge in [0.2, 0.25) is 0 Å². The van der Waals surface area contributed by atoms with E-state index in [4.69, 9.17) is 5.73 Å². The van der Waals surface area contributed by atoms with E-state index in [0.717, 1.165) is 54.9 Å². The number of hydrogen-bond donors (Lipinski definition) is 1. The maximum absolute atomic E-state index is 13.5. The first kappa shape index (κ1) is 26.7. The van der Waals surface area contributed by atoms with Crippen molar-refractivity contribution in [3.63, 3.8) is 0 Å². The number of fused-ring (bicyclic) bond motifs is 1. The van der Waals surface area contributed by atoms with Crippen LogP contribution in [0.1, 0.15) is 44.2 Å². The number of likely N-dealkylation sites (tertiary alicyclic amines) is 2. The van der Waals surface area contributed by atoms with Gasteiger partial charge in [0.05, 0.1) is 11.3 Å². The molecule has 0 bridgehead atoms. The van der Waals surface area contributed by atoms with Crippen LogP contribution in [0, 0.1) is 24.6 Å². The van der Waals surface area contributed by atoms with Crippen molar-refractivity contribution >= 4 is 11.8 Å². The summed E-state index contributed by atoms with van der Waals surface area (Å²) < 4.78 is 53.0. The molecule has 1 unspecified atom stereocenters. The number of benzene rings is 1. The van der Waals surface area contributed by atoms with Gasteiger partial charge >= 0.3 is 6.18 Å². The van der Waals surface area contributed by atoms with E-state index >= 15 is 0 Å². The second-order valence-electron chi connectivity index (χ2n) is 10.1. The molecule has 2 aliphatic rings. The van der Waals surface area contributed by atoms with Crippen molar-refractivity contribution in [1.82, 2.24) is 29.8 Å². The van der Waals surface area contributed by atoms with Crippen LogP contribution in [0.5, 0.6) is 0 Å². The Bertz CT molecular complexity index is 1380. The van der Waals surface area contributed by atoms with Gasteiger partial charge in [0.15, 0.2) is 11.5 Å². The van der Waals surface area contributed by atoms with Crippen LogP contribution in [0.4, 0.5) is 17.6 Å². The van der Waals surface area contributed by atoms with E-state index < -0.39 is 23.7 Å². The monoisotopic (exact) mass is 545 g/mol. The van der Waals surface area contributed by atoms with E-state index in [0.29, 0.717) is 13.1 Å². The van der Waals surface area contributed by atoms with Crippen LogP contribution in [0.15, 0.2) is 36.4 Å². The summed E-state index contributed by atoms with van der Waals surface area (Å²) in [5.74, 6) is -1.21. The topological polar surface area (TPSA) is 110 Å². The van der Waals surface area contributed by atoms with Crippen molar-refractivity contribution in [3.8, 4) is 5.82 Å². The van der Waals surface area contributed by atoms with Gasteiger partial charge in [-0.2, -0.15) is 18.3 Å². The molecule has 2 aliphatic heterocycles. The van der Waals surface area contributed by atoms with Crippen molar-refractivity contribution in [1.29, 1.82) is 0 Å². The third-order valence-corrected chi connectivity index (χ3v) is 7.34. The minimum atomic E-state index is -4.68. The molecule has 2 atom stereocenters. The molecule has 2 N–H and O–H groups in total. The maximum Gasteiger partial charge on any atom is 0.435 e. The van der Waals surface area contributed by atoms with E-state index in [2.05, 4.69) is 20.2 Å². The molecule has 4 heterocycles. The Morgan fingerprint density at radius 1 is 1.05 bits per heavy atom. The highest BCUT2D eigenvalue weighted by Crippen LogP contribution is 2.33. The summed E-state index contributed by atoms with van der Waals surface area (Å²) in [6.07, 6.45) is -2.99. The van der Waals surface area contributed by atoms with Gasteiger partial charge in [0, 0.05) is 26.2 Å². The van der Waals surface area contributed by atoms with Crippen LogP contribution in [-0.4, -0.2) is 74.3 Å². The Morgan fingerprint density at radius 2 is 1.77 bits per heavy atom. The third kappa shape index (κ3) is 5.49. The second kappa shape index (κ2) is 10.4. The number of aryl methyl sites for hydroxylation is 2. The zero-order valence-corrected chi connectivity index (χ0v) is 21.2. The average molecular weight is 546 g/mol. The van der Waals surface area contributed by atoms with Gasteiger partial charge in [-0.15, -0.1) is 10.2 Å². The van der Waals surface area contributed by atoms with E-state index in [9.17, 15) is 27.2 Å². The summed E-state index contributed by atoms with van der Waals surface area (Å²) in [5, 5.41) is 10.9. The van der Waals surface area contributed by atoms with Gasteiger partial charge in [-0.05, 0) is 68.0 Å². The molecular weight excluding hydrogens is 518 g/mol. The van der Waals surface area contributed by atoms with Gasteiger partial charge in [-0.3, -0.25) is 9.59 Å². The number of nitrogens with zero attached hydrogens (tertiary/aromatic N) is 6. The lowest BCUT2D eigenvalue weighted by Gasteiger charge is -2.22. The molecule has 0 radical (unpaired) electrons. The van der Waals surface area contributed by atoms with Crippen LogP contribution < -0.4 is 5.73 Å². The fraction of sp³-hybridized carbons (Fsp3) is 0.423. The Balaban J connectivity index is 1.25. The van der Waals surface area contributed by atoms with E-state index in [-0.39, 0.29) is 40.4 Å². The normalized spacial score (nSPS) is 19.5. The number of nitrogens with two attached hydrogens (primary N) is 1. The molecule has 39 heavy (non-hydrogen) atoms. The average Bonchev–Trinajstić information content (AvgIpc) is 3.54. The summed E-state index contributed by atoms with van der Waals surface area (Å²) in [4.78, 5) is 29.9. The highest BCUT2D eigenvalue weighted by Gasteiger charge is 2.43. The standard InChI is InChI=1S/C26H27F4N7O2/c1-15-22(23(24(31)38)37(34-15)21-8-7-20(32-33-21)26(28,29)30)25(39)36-13-17-11-35(12-18(17)14-36)9-3-5-16-4-2-6-19(27)10-16/h2,4,6-8,10,17-18H,3,5,9,11-14H2,1H3,(H2,31,38)/t17-,18?/m0/s1. The molecule has 0 spiro atoms. The first-order valence-electron chi connectivity index (χ1n) is 12.6. The summed E-state index contributed by atoms with van der Waals surface area (Å²) in [7, 11) is 0. The predicted octanol–water partition coefficient (Wildman–Crippen LogP) is 2.86. The fourth-order valence-electron chi connectivity index (χ4n) is 5.56. The molecule has 2 fully saturated rings. The highest BCUT2D eigenvalue weighted by molar-refractivity contribution is 6.06. The number of aromatic nitrogens is 4. The van der Waals surface area contributed by atoms with Crippen LogP contribution >= 0.6 is 0 Å². The van der Waals surface area contributed by atoms with Gasteiger partial charge in [-0.1, -0.05) is 12.1 Å². The number of rotatable bonds is 7. The smallest absolute Gasteiger partial charge is 0.364 e. The first-order chi connectivity index (χ1) is 18.5. The molecule has 2 saturated heterocycles. The lowest BCUT2D eigenvalue weighted by atomic mass is 10.0. The summed E-state index contributed by atoms with van der Waals surface area (Å²) in [6.45, 7) is 5.09. The second-order valence-corrected chi connectivity index (χ2v) is 10.1. The quantitative estimate of drug-likeness (QED) is 0.458. The van der Waals surface area contributed by atoms with Crippen molar-refractivity contribution in [2.75, 3.05) is 32.7 Å². The molecule has 1 aromatic carbocycles. The van der Waals surface area contributed by atoms with Crippen LogP contribution in [0.2, 0.25) is 0 Å². The Labute approximate surface area is 221 Å². The number of hydrogen-bond acceptors (Lipinski definition) is 6. The lowest BCUT2D eigenvalue weighted by molar-refractivity contribution is -0.141. The minimum absolute atomic E-state index is 0.0103.